The lowest BCUT2D eigenvalue weighted by molar-refractivity contribution is 0.373. The maximum absolute atomic E-state index is 4.97. The molecule has 0 spiro atoms. The van der Waals surface area contributed by atoms with Crippen molar-refractivity contribution in [1.29, 1.82) is 0 Å². The van der Waals surface area contributed by atoms with Crippen molar-refractivity contribution in [2.24, 2.45) is 14.1 Å². The molecule has 10 heteroatoms. The van der Waals surface area contributed by atoms with Crippen molar-refractivity contribution in [3.63, 3.8) is 0 Å². The van der Waals surface area contributed by atoms with Crippen molar-refractivity contribution in [2.75, 3.05) is 26.0 Å². The van der Waals surface area contributed by atoms with E-state index in [1.807, 2.05) is 59.1 Å². The average molecular weight is 495 g/mol. The van der Waals surface area contributed by atoms with Crippen LogP contribution in [0.2, 0.25) is 0 Å². The smallest absolute Gasteiger partial charge is 0.227 e. The van der Waals surface area contributed by atoms with E-state index in [2.05, 4.69) is 63.8 Å². The zero-order valence-corrected chi connectivity index (χ0v) is 21.5. The first-order chi connectivity index (χ1) is 17.9. The van der Waals surface area contributed by atoms with Crippen molar-refractivity contribution in [3.8, 4) is 33.6 Å². The zero-order chi connectivity index (χ0) is 25.5. The predicted octanol–water partition coefficient (Wildman–Crippen LogP) is 3.54. The van der Waals surface area contributed by atoms with E-state index in [9.17, 15) is 0 Å². The molecule has 1 N–H and O–H groups in total. The Balaban J connectivity index is 1.32. The molecule has 0 amide bonds. The van der Waals surface area contributed by atoms with Crippen molar-refractivity contribution in [2.45, 2.75) is 19.4 Å². The van der Waals surface area contributed by atoms with Gasteiger partial charge in [0.15, 0.2) is 0 Å². The van der Waals surface area contributed by atoms with Crippen LogP contribution in [-0.4, -0.2) is 64.8 Å². The lowest BCUT2D eigenvalue weighted by Gasteiger charge is -2.17. The van der Waals surface area contributed by atoms with Gasteiger partial charge in [-0.15, -0.1) is 0 Å². The molecule has 0 bridgehead atoms. The van der Waals surface area contributed by atoms with Gasteiger partial charge in [0.25, 0.3) is 0 Å². The fourth-order valence-corrected chi connectivity index (χ4v) is 4.83. The number of aryl methyl sites for hydroxylation is 4. The highest BCUT2D eigenvalue weighted by Crippen LogP contribution is 2.40. The number of anilines is 2. The van der Waals surface area contributed by atoms with E-state index >= 15 is 0 Å². The Kier molecular flexibility index (Phi) is 5.80. The molecule has 0 saturated heterocycles. The topological polar surface area (TPSA) is 94.5 Å². The van der Waals surface area contributed by atoms with Gasteiger partial charge in [0.1, 0.15) is 0 Å². The number of nitrogens with zero attached hydrogens (tertiary/aromatic N) is 9. The summed E-state index contributed by atoms with van der Waals surface area (Å²) in [6.45, 7) is 1.74. The Labute approximate surface area is 215 Å². The van der Waals surface area contributed by atoms with Crippen molar-refractivity contribution < 1.29 is 0 Å². The second-order valence-corrected chi connectivity index (χ2v) is 9.76. The number of hydrogen-bond acceptors (Lipinski definition) is 7. The maximum Gasteiger partial charge on any atom is 0.227 e. The minimum absolute atomic E-state index is 0.556. The predicted molar refractivity (Wildman–Crippen MR) is 143 cm³/mol. The number of benzene rings is 1. The van der Waals surface area contributed by atoms with Crippen molar-refractivity contribution in [1.82, 2.24) is 44.2 Å². The summed E-state index contributed by atoms with van der Waals surface area (Å²) in [6, 6.07) is 8.57. The first-order valence-corrected chi connectivity index (χ1v) is 12.4. The average Bonchev–Trinajstić information content (AvgIpc) is 3.61. The molecule has 1 aliphatic carbocycles. The summed E-state index contributed by atoms with van der Waals surface area (Å²) in [5, 5.41) is 16.9. The van der Waals surface area contributed by atoms with Gasteiger partial charge in [-0.1, -0.05) is 24.3 Å². The van der Waals surface area contributed by atoms with Gasteiger partial charge in [-0.05, 0) is 38.1 Å². The van der Waals surface area contributed by atoms with Gasteiger partial charge in [0.2, 0.25) is 5.95 Å². The lowest BCUT2D eigenvalue weighted by Crippen LogP contribution is -2.18. The lowest BCUT2D eigenvalue weighted by atomic mass is 9.91. The van der Waals surface area contributed by atoms with E-state index in [1.165, 1.54) is 0 Å². The molecule has 0 aliphatic heterocycles. The van der Waals surface area contributed by atoms with Crippen molar-refractivity contribution in [3.05, 3.63) is 66.5 Å². The summed E-state index contributed by atoms with van der Waals surface area (Å²) in [7, 11) is 8.05. The third kappa shape index (κ3) is 4.51. The Morgan fingerprint density at radius 1 is 0.919 bits per heavy atom. The summed E-state index contributed by atoms with van der Waals surface area (Å²) in [6.07, 6.45) is 11.4. The van der Waals surface area contributed by atoms with E-state index in [0.717, 1.165) is 76.5 Å². The minimum atomic E-state index is 0.556. The number of rotatable bonds is 7. The minimum Gasteiger partial charge on any atom is -0.321 e. The molecule has 4 aromatic heterocycles. The van der Waals surface area contributed by atoms with Crippen LogP contribution in [0.1, 0.15) is 11.3 Å². The third-order valence-corrected chi connectivity index (χ3v) is 6.71. The monoisotopic (exact) mass is 494 g/mol. The van der Waals surface area contributed by atoms with Crippen LogP contribution in [0.4, 0.5) is 11.6 Å². The highest BCUT2D eigenvalue weighted by Gasteiger charge is 2.27. The molecule has 1 aromatic carbocycles. The normalized spacial score (nSPS) is 12.6. The largest absolute Gasteiger partial charge is 0.321 e. The highest BCUT2D eigenvalue weighted by molar-refractivity contribution is 5.85. The van der Waals surface area contributed by atoms with Crippen LogP contribution in [0.3, 0.4) is 0 Å². The molecule has 0 atom stereocenters. The van der Waals surface area contributed by atoms with Gasteiger partial charge in [-0.3, -0.25) is 14.0 Å². The molecule has 10 nitrogen and oxygen atoms in total. The van der Waals surface area contributed by atoms with Gasteiger partial charge >= 0.3 is 0 Å². The summed E-state index contributed by atoms with van der Waals surface area (Å²) < 4.78 is 5.72. The molecule has 188 valence electrons. The van der Waals surface area contributed by atoms with E-state index in [-0.39, 0.29) is 0 Å². The molecule has 0 fully saturated rings. The summed E-state index contributed by atoms with van der Waals surface area (Å²) in [4.78, 5) is 11.7. The van der Waals surface area contributed by atoms with E-state index in [1.54, 1.807) is 0 Å². The summed E-state index contributed by atoms with van der Waals surface area (Å²) in [5.41, 5.74) is 9.51. The molecule has 0 saturated carbocycles. The fourth-order valence-electron chi connectivity index (χ4n) is 4.83. The van der Waals surface area contributed by atoms with Crippen LogP contribution in [0.15, 0.2) is 55.2 Å². The fraction of sp³-hybridized carbons (Fsp3) is 0.296. The number of likely N-dealkylation sites (N-methyl/N-ethyl adjacent to an activating group) is 1. The Hall–Kier alpha value is -4.31. The Morgan fingerprint density at radius 2 is 1.73 bits per heavy atom. The van der Waals surface area contributed by atoms with Gasteiger partial charge in [0.05, 0.1) is 41.7 Å². The molecular weight excluding hydrogens is 464 g/mol. The van der Waals surface area contributed by atoms with Crippen LogP contribution in [0, 0.1) is 0 Å². The molecule has 37 heavy (non-hydrogen) atoms. The number of fused-ring (bicyclic) bond motifs is 3. The van der Waals surface area contributed by atoms with Crippen LogP contribution in [0.5, 0.6) is 0 Å². The summed E-state index contributed by atoms with van der Waals surface area (Å²) in [5.74, 6) is 0.556. The van der Waals surface area contributed by atoms with Gasteiger partial charge in [0, 0.05) is 55.9 Å². The van der Waals surface area contributed by atoms with Gasteiger partial charge < -0.3 is 10.2 Å². The van der Waals surface area contributed by atoms with Crippen LogP contribution < -0.4 is 5.32 Å². The number of aromatic nitrogens is 8. The quantitative estimate of drug-likeness (QED) is 0.370. The second kappa shape index (κ2) is 9.29. The van der Waals surface area contributed by atoms with E-state index < -0.39 is 0 Å². The Bertz CT molecular complexity index is 1550. The van der Waals surface area contributed by atoms with E-state index in [4.69, 9.17) is 10.1 Å². The Morgan fingerprint density at radius 3 is 2.49 bits per heavy atom. The molecular formula is C27H30N10. The molecule has 0 unspecified atom stereocenters. The SMILES string of the molecule is CN(C)CCn1cc(Nc2ncc3c(n2)-c2c(nn(C)c2-c2ccc(-c4cnn(C)c4)cc2)CC3)cn1. The molecule has 5 aromatic rings. The highest BCUT2D eigenvalue weighted by atomic mass is 15.3. The van der Waals surface area contributed by atoms with Crippen LogP contribution in [-0.2, 0) is 33.5 Å². The first-order valence-electron chi connectivity index (χ1n) is 12.4. The van der Waals surface area contributed by atoms with Crippen LogP contribution in [0.25, 0.3) is 33.6 Å². The standard InChI is InChI=1S/C27H30N10/c1-34(2)11-12-37-17-22(15-30-37)31-27-28-13-20-9-10-23-24(25(20)32-27)26(36(4)33-23)19-7-5-18(6-8-19)21-14-29-35(3)16-21/h5-8,13-17H,9-12H2,1-4H3,(H,28,31,32). The zero-order valence-electron chi connectivity index (χ0n) is 21.5. The second-order valence-electron chi connectivity index (χ2n) is 9.76. The molecule has 6 rings (SSSR count). The number of nitrogens with one attached hydrogen (secondary N) is 1. The van der Waals surface area contributed by atoms with Gasteiger partial charge in [-0.25, -0.2) is 9.97 Å². The summed E-state index contributed by atoms with van der Waals surface area (Å²) >= 11 is 0. The first kappa shape index (κ1) is 23.1. The van der Waals surface area contributed by atoms with Crippen molar-refractivity contribution >= 4 is 11.6 Å². The molecule has 4 heterocycles. The maximum atomic E-state index is 4.97. The van der Waals surface area contributed by atoms with E-state index in [0.29, 0.717) is 5.95 Å². The number of hydrogen-bond donors (Lipinski definition) is 1. The van der Waals surface area contributed by atoms with Crippen LogP contribution >= 0.6 is 0 Å². The third-order valence-electron chi connectivity index (χ3n) is 6.71. The molecule has 0 radical (unpaired) electrons. The molecule has 1 aliphatic rings. The van der Waals surface area contributed by atoms with Gasteiger partial charge in [-0.2, -0.15) is 15.3 Å².